The lowest BCUT2D eigenvalue weighted by Gasteiger charge is -2.10. The van der Waals surface area contributed by atoms with E-state index in [1.807, 2.05) is 0 Å². The first-order valence-electron chi connectivity index (χ1n) is 3.35. The molecule has 11 heavy (non-hydrogen) atoms. The Kier molecular flexibility index (Phi) is 2.81. The van der Waals surface area contributed by atoms with Crippen molar-refractivity contribution in [2.45, 2.75) is 12.5 Å². The topological polar surface area (TPSA) is 59.0 Å². The third-order valence-corrected chi connectivity index (χ3v) is 1.45. The zero-order valence-electron chi connectivity index (χ0n) is 6.32. The van der Waals surface area contributed by atoms with Crippen molar-refractivity contribution >= 4 is 5.91 Å². The molecule has 0 saturated carbocycles. The fraction of sp³-hybridized carbons (Fsp3) is 0.833. The molecular formula is C6H11NO4. The van der Waals surface area contributed by atoms with Crippen molar-refractivity contribution in [2.75, 3.05) is 20.4 Å². The van der Waals surface area contributed by atoms with Crippen LogP contribution in [0.15, 0.2) is 0 Å². The summed E-state index contributed by atoms with van der Waals surface area (Å²) in [6.45, 7) is 0.673. The van der Waals surface area contributed by atoms with Crippen LogP contribution in [0.3, 0.4) is 0 Å². The number of carbonyl (C=O) groups excluding carboxylic acids is 1. The second-order valence-corrected chi connectivity index (χ2v) is 2.40. The normalized spacial score (nSPS) is 23.6. The van der Waals surface area contributed by atoms with E-state index in [0.29, 0.717) is 11.7 Å². The average molecular weight is 161 g/mol. The van der Waals surface area contributed by atoms with Gasteiger partial charge in [-0.1, -0.05) is 0 Å². The summed E-state index contributed by atoms with van der Waals surface area (Å²) in [6, 6.07) is 0. The summed E-state index contributed by atoms with van der Waals surface area (Å²) >= 11 is 0. The molecule has 0 aromatic carbocycles. The van der Waals surface area contributed by atoms with E-state index in [1.165, 1.54) is 7.05 Å². The van der Waals surface area contributed by atoms with Crippen LogP contribution < -0.4 is 0 Å². The fourth-order valence-corrected chi connectivity index (χ4v) is 0.817. The highest BCUT2D eigenvalue weighted by Gasteiger charge is 2.20. The van der Waals surface area contributed by atoms with Crippen LogP contribution in [0.4, 0.5) is 0 Å². The molecule has 1 aliphatic rings. The van der Waals surface area contributed by atoms with Crippen molar-refractivity contribution in [3.05, 3.63) is 0 Å². The number of hydrogen-bond donors (Lipinski definition) is 1. The number of hydroxylamine groups is 2. The maximum atomic E-state index is 10.8. The lowest BCUT2D eigenvalue weighted by molar-refractivity contribution is -0.161. The van der Waals surface area contributed by atoms with Crippen molar-refractivity contribution < 1.29 is 19.5 Å². The van der Waals surface area contributed by atoms with Crippen LogP contribution in [0, 0.1) is 0 Å². The first-order valence-corrected chi connectivity index (χ1v) is 3.35. The molecule has 0 bridgehead atoms. The van der Waals surface area contributed by atoms with E-state index >= 15 is 0 Å². The van der Waals surface area contributed by atoms with Gasteiger partial charge in [-0.2, -0.15) is 0 Å². The Hall–Kier alpha value is -0.650. The van der Waals surface area contributed by atoms with Gasteiger partial charge in [-0.3, -0.25) is 10.0 Å². The molecule has 64 valence electrons. The van der Waals surface area contributed by atoms with E-state index < -0.39 is 0 Å². The second-order valence-electron chi connectivity index (χ2n) is 2.40. The number of amides is 1. The Labute approximate surface area is 64.5 Å². The lowest BCUT2D eigenvalue weighted by Crippen LogP contribution is -2.27. The second kappa shape index (κ2) is 3.66. The third-order valence-electron chi connectivity index (χ3n) is 1.45. The SMILES string of the molecule is CN(O)C(=O)CC1COCO1. The molecule has 0 aromatic heterocycles. The van der Waals surface area contributed by atoms with Crippen molar-refractivity contribution in [2.24, 2.45) is 0 Å². The predicted molar refractivity (Wildman–Crippen MR) is 34.9 cm³/mol. The number of hydrogen-bond acceptors (Lipinski definition) is 4. The zero-order chi connectivity index (χ0) is 8.27. The van der Waals surface area contributed by atoms with Crippen molar-refractivity contribution in [3.63, 3.8) is 0 Å². The van der Waals surface area contributed by atoms with Crippen LogP contribution in [0.25, 0.3) is 0 Å². The molecule has 5 heteroatoms. The molecule has 1 saturated heterocycles. The molecule has 1 atom stereocenters. The Morgan fingerprint density at radius 3 is 3.00 bits per heavy atom. The average Bonchev–Trinajstić information content (AvgIpc) is 2.39. The van der Waals surface area contributed by atoms with E-state index in [0.717, 1.165) is 0 Å². The third kappa shape index (κ3) is 2.45. The van der Waals surface area contributed by atoms with Crippen LogP contribution in [-0.2, 0) is 14.3 Å². The summed E-state index contributed by atoms with van der Waals surface area (Å²) in [5.74, 6) is -0.361. The molecule has 0 aromatic rings. The molecule has 5 nitrogen and oxygen atoms in total. The van der Waals surface area contributed by atoms with Gasteiger partial charge in [0.25, 0.3) is 0 Å². The van der Waals surface area contributed by atoms with E-state index in [1.54, 1.807) is 0 Å². The molecule has 1 heterocycles. The van der Waals surface area contributed by atoms with Crippen LogP contribution in [0.1, 0.15) is 6.42 Å². The Morgan fingerprint density at radius 2 is 2.55 bits per heavy atom. The smallest absolute Gasteiger partial charge is 0.248 e. The molecule has 0 radical (unpaired) electrons. The maximum absolute atomic E-state index is 10.8. The molecule has 1 aliphatic heterocycles. The minimum Gasteiger partial charge on any atom is -0.353 e. The summed E-state index contributed by atoms with van der Waals surface area (Å²) < 4.78 is 9.86. The molecular weight excluding hydrogens is 150 g/mol. The fourth-order valence-electron chi connectivity index (χ4n) is 0.817. The minimum absolute atomic E-state index is 0.174. The summed E-state index contributed by atoms with van der Waals surface area (Å²) in [7, 11) is 1.29. The van der Waals surface area contributed by atoms with E-state index in [-0.39, 0.29) is 25.2 Å². The van der Waals surface area contributed by atoms with Gasteiger partial charge in [-0.25, -0.2) is 5.06 Å². The lowest BCUT2D eigenvalue weighted by atomic mass is 10.2. The van der Waals surface area contributed by atoms with Crippen LogP contribution >= 0.6 is 0 Å². The minimum atomic E-state index is -0.361. The largest absolute Gasteiger partial charge is 0.353 e. The van der Waals surface area contributed by atoms with Gasteiger partial charge in [-0.15, -0.1) is 0 Å². The van der Waals surface area contributed by atoms with Crippen LogP contribution in [0.5, 0.6) is 0 Å². The van der Waals surface area contributed by atoms with E-state index in [9.17, 15) is 4.79 Å². The standard InChI is InChI=1S/C6H11NO4/c1-7(9)6(8)2-5-3-10-4-11-5/h5,9H,2-4H2,1H3. The van der Waals surface area contributed by atoms with Gasteiger partial charge < -0.3 is 9.47 Å². The van der Waals surface area contributed by atoms with Crippen molar-refractivity contribution in [3.8, 4) is 0 Å². The molecule has 0 aliphatic carbocycles. The molecule has 1 unspecified atom stereocenters. The first kappa shape index (κ1) is 8.45. The summed E-state index contributed by atoms with van der Waals surface area (Å²) in [6.07, 6.45) is -0.0235. The van der Waals surface area contributed by atoms with E-state index in [2.05, 4.69) is 0 Å². The zero-order valence-corrected chi connectivity index (χ0v) is 6.32. The summed E-state index contributed by atoms with van der Waals surface area (Å²) in [5, 5.41) is 9.23. The van der Waals surface area contributed by atoms with Crippen molar-refractivity contribution in [1.29, 1.82) is 0 Å². The number of rotatable bonds is 2. The van der Waals surface area contributed by atoms with E-state index in [4.69, 9.17) is 14.7 Å². The van der Waals surface area contributed by atoms with Gasteiger partial charge in [0.05, 0.1) is 19.1 Å². The number of ether oxygens (including phenoxy) is 2. The monoisotopic (exact) mass is 161 g/mol. The maximum Gasteiger partial charge on any atom is 0.248 e. The van der Waals surface area contributed by atoms with Gasteiger partial charge in [0, 0.05) is 7.05 Å². The summed E-state index contributed by atoms with van der Waals surface area (Å²) in [5.41, 5.74) is 0. The number of nitrogens with zero attached hydrogens (tertiary/aromatic N) is 1. The van der Waals surface area contributed by atoms with Crippen LogP contribution in [0.2, 0.25) is 0 Å². The highest BCUT2D eigenvalue weighted by Crippen LogP contribution is 2.07. The van der Waals surface area contributed by atoms with Gasteiger partial charge in [-0.05, 0) is 0 Å². The molecule has 0 spiro atoms. The molecule has 1 rings (SSSR count). The Morgan fingerprint density at radius 1 is 1.82 bits per heavy atom. The van der Waals surface area contributed by atoms with Gasteiger partial charge >= 0.3 is 0 Å². The highest BCUT2D eigenvalue weighted by atomic mass is 16.7. The van der Waals surface area contributed by atoms with Crippen LogP contribution in [-0.4, -0.2) is 42.7 Å². The highest BCUT2D eigenvalue weighted by molar-refractivity contribution is 5.75. The van der Waals surface area contributed by atoms with Crippen molar-refractivity contribution in [1.82, 2.24) is 5.06 Å². The molecule has 1 fully saturated rings. The Bertz CT molecular complexity index is 142. The summed E-state index contributed by atoms with van der Waals surface area (Å²) in [4.78, 5) is 10.8. The van der Waals surface area contributed by atoms with Gasteiger partial charge in [0.15, 0.2) is 0 Å². The molecule has 1 amide bonds. The first-order chi connectivity index (χ1) is 5.20. The van der Waals surface area contributed by atoms with Gasteiger partial charge in [0.1, 0.15) is 6.79 Å². The quantitative estimate of drug-likeness (QED) is 0.442. The molecule has 1 N–H and O–H groups in total. The van der Waals surface area contributed by atoms with Gasteiger partial charge in [0.2, 0.25) is 5.91 Å². The predicted octanol–water partition coefficient (Wildman–Crippen LogP) is -0.403. The Balaban J connectivity index is 2.24. The number of carbonyl (C=O) groups is 1.